The second-order valence-electron chi connectivity index (χ2n) is 6.64. The molecule has 0 aromatic heterocycles. The van der Waals surface area contributed by atoms with Crippen molar-refractivity contribution < 1.29 is 9.59 Å². The molecule has 25 heavy (non-hydrogen) atoms. The minimum atomic E-state index is -0.0797. The predicted octanol–water partition coefficient (Wildman–Crippen LogP) is 3.29. The van der Waals surface area contributed by atoms with Gasteiger partial charge in [0.25, 0.3) is 0 Å². The summed E-state index contributed by atoms with van der Waals surface area (Å²) in [4.78, 5) is 28.1. The zero-order valence-corrected chi connectivity index (χ0v) is 16.3. The van der Waals surface area contributed by atoms with Gasteiger partial charge in [-0.3, -0.25) is 4.79 Å². The van der Waals surface area contributed by atoms with Crippen LogP contribution in [0, 0.1) is 5.92 Å². The molecule has 0 radical (unpaired) electrons. The van der Waals surface area contributed by atoms with Crippen LogP contribution in [0.2, 0.25) is 0 Å². The molecule has 0 saturated carbocycles. The maximum absolute atomic E-state index is 12.3. The van der Waals surface area contributed by atoms with Gasteiger partial charge in [0, 0.05) is 51.0 Å². The molecule has 1 aromatic rings. The normalized spacial score (nSPS) is 10.5. The quantitative estimate of drug-likeness (QED) is 0.758. The molecule has 0 fully saturated rings. The second kappa shape index (κ2) is 9.91. The number of amides is 3. The molecule has 1 rings (SSSR count). The van der Waals surface area contributed by atoms with Crippen molar-refractivity contribution in [3.8, 4) is 0 Å². The van der Waals surface area contributed by atoms with Crippen molar-refractivity contribution in [2.45, 2.75) is 40.7 Å². The largest absolute Gasteiger partial charge is 0.377 e. The van der Waals surface area contributed by atoms with Gasteiger partial charge in [0.1, 0.15) is 0 Å². The van der Waals surface area contributed by atoms with Gasteiger partial charge < -0.3 is 20.4 Å². The Kier molecular flexibility index (Phi) is 8.25. The number of carbonyl (C=O) groups excluding carboxylic acids is 2. The molecule has 2 N–H and O–H groups in total. The smallest absolute Gasteiger partial charge is 0.317 e. The van der Waals surface area contributed by atoms with Crippen molar-refractivity contribution in [3.05, 3.63) is 23.8 Å². The Bertz CT molecular complexity index is 585. The van der Waals surface area contributed by atoms with Gasteiger partial charge >= 0.3 is 6.03 Å². The predicted molar refractivity (Wildman–Crippen MR) is 104 cm³/mol. The molecule has 6 nitrogen and oxygen atoms in total. The molecule has 0 bridgehead atoms. The van der Waals surface area contributed by atoms with E-state index in [4.69, 9.17) is 0 Å². The summed E-state index contributed by atoms with van der Waals surface area (Å²) in [6, 6.07) is 5.77. The average molecular weight is 348 g/mol. The average Bonchev–Trinajstić information content (AvgIpc) is 2.54. The van der Waals surface area contributed by atoms with Gasteiger partial charge in [-0.15, -0.1) is 0 Å². The van der Waals surface area contributed by atoms with E-state index < -0.39 is 0 Å². The van der Waals surface area contributed by atoms with Crippen LogP contribution in [0.1, 0.15) is 39.7 Å². The molecule has 6 heteroatoms. The molecule has 0 heterocycles. The van der Waals surface area contributed by atoms with Gasteiger partial charge in [-0.25, -0.2) is 4.79 Å². The highest BCUT2D eigenvalue weighted by Gasteiger charge is 2.16. The van der Waals surface area contributed by atoms with Crippen LogP contribution < -0.4 is 15.5 Å². The Morgan fingerprint density at radius 1 is 1.16 bits per heavy atom. The van der Waals surface area contributed by atoms with Gasteiger partial charge in [0.05, 0.1) is 0 Å². The van der Waals surface area contributed by atoms with Crippen LogP contribution >= 0.6 is 0 Å². The van der Waals surface area contributed by atoms with Crippen LogP contribution in [0.4, 0.5) is 16.2 Å². The van der Waals surface area contributed by atoms with Crippen molar-refractivity contribution in [1.82, 2.24) is 10.2 Å². The van der Waals surface area contributed by atoms with E-state index in [2.05, 4.69) is 17.6 Å². The summed E-state index contributed by atoms with van der Waals surface area (Å²) in [6.07, 6.45) is 0.887. The maximum Gasteiger partial charge on any atom is 0.317 e. The summed E-state index contributed by atoms with van der Waals surface area (Å²) < 4.78 is 0. The Morgan fingerprint density at radius 3 is 2.36 bits per heavy atom. The first-order valence-corrected chi connectivity index (χ1v) is 8.94. The first kappa shape index (κ1) is 20.8. The van der Waals surface area contributed by atoms with E-state index in [0.717, 1.165) is 23.4 Å². The lowest BCUT2D eigenvalue weighted by atomic mass is 10.1. The number of urea groups is 1. The number of carbonyl (C=O) groups is 2. The topological polar surface area (TPSA) is 64.7 Å². The third kappa shape index (κ3) is 6.29. The second-order valence-corrected chi connectivity index (χ2v) is 6.64. The van der Waals surface area contributed by atoms with Crippen LogP contribution in [0.15, 0.2) is 18.2 Å². The third-order valence-electron chi connectivity index (χ3n) is 3.82. The Hall–Kier alpha value is -2.24. The summed E-state index contributed by atoms with van der Waals surface area (Å²) in [6.45, 7) is 9.47. The summed E-state index contributed by atoms with van der Waals surface area (Å²) in [5.74, 6) is -0.0957. The van der Waals surface area contributed by atoms with Gasteiger partial charge in [-0.05, 0) is 37.1 Å². The van der Waals surface area contributed by atoms with Gasteiger partial charge in [0.15, 0.2) is 0 Å². The molecule has 1 aromatic carbocycles. The molecule has 0 atom stereocenters. The standard InChI is InChI=1S/C19H32N4O2/c1-7-11-23(19(25)20-8-2)13-15-12-16(21-18(24)14(3)4)9-10-17(15)22(5)6/h9-10,12,14H,7-8,11,13H2,1-6H3,(H,20,25)(H,21,24). The maximum atomic E-state index is 12.3. The van der Waals surface area contributed by atoms with Crippen molar-refractivity contribution in [2.24, 2.45) is 5.92 Å². The highest BCUT2D eigenvalue weighted by molar-refractivity contribution is 5.92. The van der Waals surface area contributed by atoms with E-state index in [1.807, 2.05) is 58.0 Å². The summed E-state index contributed by atoms with van der Waals surface area (Å²) >= 11 is 0. The van der Waals surface area contributed by atoms with Crippen molar-refractivity contribution in [1.29, 1.82) is 0 Å². The lowest BCUT2D eigenvalue weighted by molar-refractivity contribution is -0.118. The lowest BCUT2D eigenvalue weighted by Gasteiger charge is -2.26. The van der Waals surface area contributed by atoms with Crippen LogP contribution in [-0.2, 0) is 11.3 Å². The molecule has 0 unspecified atom stereocenters. The van der Waals surface area contributed by atoms with E-state index in [1.165, 1.54) is 0 Å². The summed E-state index contributed by atoms with van der Waals surface area (Å²) in [7, 11) is 3.95. The SMILES string of the molecule is CCCN(Cc1cc(NC(=O)C(C)C)ccc1N(C)C)C(=O)NCC. The molecule has 0 saturated heterocycles. The van der Waals surface area contributed by atoms with Crippen LogP contribution in [0.3, 0.4) is 0 Å². The fraction of sp³-hybridized carbons (Fsp3) is 0.579. The molecule has 0 spiro atoms. The van der Waals surface area contributed by atoms with Crippen molar-refractivity contribution >= 4 is 23.3 Å². The molecule has 3 amide bonds. The Labute approximate surface area is 151 Å². The third-order valence-corrected chi connectivity index (χ3v) is 3.82. The number of nitrogens with one attached hydrogen (secondary N) is 2. The van der Waals surface area contributed by atoms with E-state index in [9.17, 15) is 9.59 Å². The Balaban J connectivity index is 3.10. The van der Waals surface area contributed by atoms with Crippen LogP contribution in [-0.4, -0.2) is 44.0 Å². The van der Waals surface area contributed by atoms with Gasteiger partial charge in [-0.2, -0.15) is 0 Å². The number of nitrogens with zero attached hydrogens (tertiary/aromatic N) is 2. The van der Waals surface area contributed by atoms with Gasteiger partial charge in [0.2, 0.25) is 5.91 Å². The number of hydrogen-bond donors (Lipinski definition) is 2. The summed E-state index contributed by atoms with van der Waals surface area (Å²) in [5.41, 5.74) is 2.80. The fourth-order valence-corrected chi connectivity index (χ4v) is 2.50. The van der Waals surface area contributed by atoms with Crippen LogP contribution in [0.5, 0.6) is 0 Å². The highest BCUT2D eigenvalue weighted by Crippen LogP contribution is 2.25. The Morgan fingerprint density at radius 2 is 1.84 bits per heavy atom. The molecule has 0 aliphatic carbocycles. The zero-order chi connectivity index (χ0) is 19.0. The van der Waals surface area contributed by atoms with Gasteiger partial charge in [-0.1, -0.05) is 20.8 Å². The van der Waals surface area contributed by atoms with E-state index in [-0.39, 0.29) is 17.9 Å². The first-order valence-electron chi connectivity index (χ1n) is 8.94. The minimum Gasteiger partial charge on any atom is -0.377 e. The number of hydrogen-bond acceptors (Lipinski definition) is 3. The van der Waals surface area contributed by atoms with E-state index in [1.54, 1.807) is 4.90 Å². The zero-order valence-electron chi connectivity index (χ0n) is 16.3. The molecular weight excluding hydrogens is 316 g/mol. The molecule has 0 aliphatic rings. The first-order chi connectivity index (χ1) is 11.8. The number of rotatable bonds is 8. The lowest BCUT2D eigenvalue weighted by Crippen LogP contribution is -2.40. The molecule has 0 aliphatic heterocycles. The highest BCUT2D eigenvalue weighted by atomic mass is 16.2. The fourth-order valence-electron chi connectivity index (χ4n) is 2.50. The monoisotopic (exact) mass is 348 g/mol. The molecule has 140 valence electrons. The minimum absolute atomic E-state index is 0.0160. The van der Waals surface area contributed by atoms with E-state index >= 15 is 0 Å². The number of anilines is 2. The van der Waals surface area contributed by atoms with Crippen molar-refractivity contribution in [2.75, 3.05) is 37.4 Å². The summed E-state index contributed by atoms with van der Waals surface area (Å²) in [5, 5.41) is 5.80. The van der Waals surface area contributed by atoms with Crippen LogP contribution in [0.25, 0.3) is 0 Å². The van der Waals surface area contributed by atoms with Crippen molar-refractivity contribution in [3.63, 3.8) is 0 Å². The molecular formula is C19H32N4O2. The van der Waals surface area contributed by atoms with E-state index in [0.29, 0.717) is 19.6 Å². The number of benzene rings is 1.